The SMILES string of the molecule is COC(=O)CNC(=O)N1CCC(N2C[C@H]3C[C@H](C2)[C@H]2CCCC(=O)N2C3)CC1. The molecule has 4 aliphatic heterocycles. The van der Waals surface area contributed by atoms with E-state index in [4.69, 9.17) is 0 Å². The summed E-state index contributed by atoms with van der Waals surface area (Å²) in [5.41, 5.74) is 0. The van der Waals surface area contributed by atoms with Crippen molar-refractivity contribution in [3.05, 3.63) is 0 Å². The third-order valence-corrected chi connectivity index (χ3v) is 7.09. The van der Waals surface area contributed by atoms with E-state index in [-0.39, 0.29) is 12.6 Å². The molecule has 0 unspecified atom stereocenters. The van der Waals surface area contributed by atoms with Gasteiger partial charge in [-0.3, -0.25) is 14.5 Å². The number of urea groups is 1. The number of hydrogen-bond acceptors (Lipinski definition) is 5. The van der Waals surface area contributed by atoms with E-state index in [1.54, 1.807) is 4.90 Å². The molecule has 4 rings (SSSR count). The van der Waals surface area contributed by atoms with Gasteiger partial charge in [0.25, 0.3) is 0 Å². The second-order valence-corrected chi connectivity index (χ2v) is 8.77. The number of fused-ring (bicyclic) bond motifs is 4. The molecule has 4 fully saturated rings. The standard InChI is InChI=1S/C20H32N4O4/c1-28-19(26)10-21-20(27)22-7-5-16(6-8-22)23-11-14-9-15(13-23)17-3-2-4-18(25)24(17)12-14/h14-17H,2-13H2,1H3,(H,21,27)/t14-,15-,17-/m1/s1. The zero-order valence-corrected chi connectivity index (χ0v) is 16.8. The Labute approximate surface area is 166 Å². The van der Waals surface area contributed by atoms with E-state index in [0.29, 0.717) is 29.8 Å². The normalized spacial score (nSPS) is 31.3. The molecule has 0 spiro atoms. The molecule has 156 valence electrons. The van der Waals surface area contributed by atoms with Crippen molar-refractivity contribution in [3.8, 4) is 0 Å². The van der Waals surface area contributed by atoms with Gasteiger partial charge in [0.2, 0.25) is 5.91 Å². The van der Waals surface area contributed by atoms with Gasteiger partial charge in [-0.1, -0.05) is 0 Å². The van der Waals surface area contributed by atoms with E-state index in [1.165, 1.54) is 13.5 Å². The van der Waals surface area contributed by atoms with Gasteiger partial charge in [0, 0.05) is 51.2 Å². The minimum Gasteiger partial charge on any atom is -0.468 e. The molecule has 0 saturated carbocycles. The van der Waals surface area contributed by atoms with E-state index < -0.39 is 5.97 Å². The number of hydrogen-bond donors (Lipinski definition) is 1. The van der Waals surface area contributed by atoms with Crippen LogP contribution in [0.4, 0.5) is 4.79 Å². The first kappa shape index (κ1) is 19.5. The Bertz CT molecular complexity index is 619. The van der Waals surface area contributed by atoms with Gasteiger partial charge >= 0.3 is 12.0 Å². The van der Waals surface area contributed by atoms with Crippen LogP contribution in [0, 0.1) is 11.8 Å². The topological polar surface area (TPSA) is 82.2 Å². The smallest absolute Gasteiger partial charge is 0.325 e. The van der Waals surface area contributed by atoms with Gasteiger partial charge in [0.05, 0.1) is 7.11 Å². The highest BCUT2D eigenvalue weighted by molar-refractivity contribution is 5.80. The van der Waals surface area contributed by atoms with Crippen molar-refractivity contribution in [2.24, 2.45) is 11.8 Å². The largest absolute Gasteiger partial charge is 0.468 e. The lowest BCUT2D eigenvalue weighted by Gasteiger charge is -2.54. The summed E-state index contributed by atoms with van der Waals surface area (Å²) >= 11 is 0. The fourth-order valence-corrected chi connectivity index (χ4v) is 5.71. The summed E-state index contributed by atoms with van der Waals surface area (Å²) in [4.78, 5) is 42.3. The molecule has 8 heteroatoms. The van der Waals surface area contributed by atoms with Crippen molar-refractivity contribution >= 4 is 17.9 Å². The van der Waals surface area contributed by atoms with Crippen LogP contribution < -0.4 is 5.32 Å². The summed E-state index contributed by atoms with van der Waals surface area (Å²) in [5.74, 6) is 1.14. The van der Waals surface area contributed by atoms with Gasteiger partial charge in [-0.05, 0) is 43.9 Å². The molecule has 0 aliphatic carbocycles. The van der Waals surface area contributed by atoms with Gasteiger partial charge in [-0.25, -0.2) is 4.79 Å². The summed E-state index contributed by atoms with van der Waals surface area (Å²) in [6, 6.07) is 0.779. The average molecular weight is 393 g/mol. The molecule has 4 aliphatic rings. The lowest BCUT2D eigenvalue weighted by atomic mass is 9.75. The van der Waals surface area contributed by atoms with Gasteiger partial charge in [-0.15, -0.1) is 0 Å². The van der Waals surface area contributed by atoms with Crippen LogP contribution in [0.2, 0.25) is 0 Å². The van der Waals surface area contributed by atoms with E-state index >= 15 is 0 Å². The highest BCUT2D eigenvalue weighted by atomic mass is 16.5. The molecule has 3 amide bonds. The Morgan fingerprint density at radius 2 is 1.93 bits per heavy atom. The maximum atomic E-state index is 12.3. The van der Waals surface area contributed by atoms with Crippen molar-refractivity contribution in [1.82, 2.24) is 20.0 Å². The summed E-state index contributed by atoms with van der Waals surface area (Å²) in [7, 11) is 1.32. The number of methoxy groups -OCH3 is 1. The quantitative estimate of drug-likeness (QED) is 0.714. The zero-order valence-electron chi connectivity index (χ0n) is 16.8. The second-order valence-electron chi connectivity index (χ2n) is 8.77. The Balaban J connectivity index is 1.28. The van der Waals surface area contributed by atoms with Crippen molar-refractivity contribution in [2.45, 2.75) is 50.6 Å². The second kappa shape index (κ2) is 8.27. The van der Waals surface area contributed by atoms with Crippen molar-refractivity contribution in [2.75, 3.05) is 46.4 Å². The average Bonchev–Trinajstić information content (AvgIpc) is 2.72. The van der Waals surface area contributed by atoms with E-state index in [2.05, 4.69) is 19.9 Å². The maximum absolute atomic E-state index is 12.3. The van der Waals surface area contributed by atoms with Crippen LogP contribution in [0.5, 0.6) is 0 Å². The van der Waals surface area contributed by atoms with Crippen LogP contribution in [0.25, 0.3) is 0 Å². The number of amides is 3. The predicted molar refractivity (Wildman–Crippen MR) is 103 cm³/mol. The minimum absolute atomic E-state index is 0.0820. The molecule has 0 aromatic heterocycles. The highest BCUT2D eigenvalue weighted by Crippen LogP contribution is 2.39. The maximum Gasteiger partial charge on any atom is 0.325 e. The number of piperidine rings is 4. The van der Waals surface area contributed by atoms with Crippen LogP contribution in [0.15, 0.2) is 0 Å². The predicted octanol–water partition coefficient (Wildman–Crippen LogP) is 0.666. The molecule has 8 nitrogen and oxygen atoms in total. The first-order valence-electron chi connectivity index (χ1n) is 10.7. The van der Waals surface area contributed by atoms with Gasteiger partial charge < -0.3 is 19.9 Å². The van der Waals surface area contributed by atoms with E-state index in [0.717, 1.165) is 64.8 Å². The molecular weight excluding hydrogens is 360 g/mol. The Morgan fingerprint density at radius 1 is 1.14 bits per heavy atom. The van der Waals surface area contributed by atoms with E-state index in [9.17, 15) is 14.4 Å². The number of carbonyl (C=O) groups is 3. The molecule has 1 N–H and O–H groups in total. The molecule has 4 saturated heterocycles. The van der Waals surface area contributed by atoms with Crippen molar-refractivity contribution in [3.63, 3.8) is 0 Å². The third-order valence-electron chi connectivity index (χ3n) is 7.09. The highest BCUT2D eigenvalue weighted by Gasteiger charge is 2.45. The Morgan fingerprint density at radius 3 is 2.68 bits per heavy atom. The number of ether oxygens (including phenoxy) is 1. The number of nitrogens with one attached hydrogen (secondary N) is 1. The molecule has 3 atom stereocenters. The summed E-state index contributed by atoms with van der Waals surface area (Å²) < 4.78 is 4.56. The van der Waals surface area contributed by atoms with Crippen LogP contribution in [-0.4, -0.2) is 91.1 Å². The molecule has 0 aromatic carbocycles. The number of nitrogens with zero attached hydrogens (tertiary/aromatic N) is 3. The van der Waals surface area contributed by atoms with Crippen LogP contribution >= 0.6 is 0 Å². The third kappa shape index (κ3) is 3.97. The number of rotatable bonds is 3. The Hall–Kier alpha value is -1.83. The summed E-state index contributed by atoms with van der Waals surface area (Å²) in [6.07, 6.45) is 6.14. The van der Waals surface area contributed by atoms with Gasteiger partial charge in [0.15, 0.2) is 0 Å². The first-order valence-corrected chi connectivity index (χ1v) is 10.7. The minimum atomic E-state index is -0.432. The van der Waals surface area contributed by atoms with Crippen LogP contribution in [0.1, 0.15) is 38.5 Å². The lowest BCUT2D eigenvalue weighted by Crippen LogP contribution is -2.62. The molecule has 4 heterocycles. The number of carbonyl (C=O) groups excluding carboxylic acids is 3. The monoisotopic (exact) mass is 392 g/mol. The molecular formula is C20H32N4O4. The van der Waals surface area contributed by atoms with Gasteiger partial charge in [0.1, 0.15) is 6.54 Å². The van der Waals surface area contributed by atoms with Crippen LogP contribution in [-0.2, 0) is 14.3 Å². The van der Waals surface area contributed by atoms with Crippen molar-refractivity contribution < 1.29 is 19.1 Å². The molecule has 0 radical (unpaired) electrons. The van der Waals surface area contributed by atoms with Crippen LogP contribution in [0.3, 0.4) is 0 Å². The van der Waals surface area contributed by atoms with E-state index in [1.807, 2.05) is 0 Å². The number of esters is 1. The summed E-state index contributed by atoms with van der Waals surface area (Å²) in [6.45, 7) is 4.46. The fraction of sp³-hybridized carbons (Fsp3) is 0.850. The van der Waals surface area contributed by atoms with Gasteiger partial charge in [-0.2, -0.15) is 0 Å². The Kier molecular flexibility index (Phi) is 5.75. The number of likely N-dealkylation sites (tertiary alicyclic amines) is 2. The zero-order chi connectivity index (χ0) is 19.7. The molecule has 0 aromatic rings. The van der Waals surface area contributed by atoms with Crippen molar-refractivity contribution in [1.29, 1.82) is 0 Å². The molecule has 2 bridgehead atoms. The summed E-state index contributed by atoms with van der Waals surface area (Å²) in [5, 5.41) is 2.63. The molecule has 28 heavy (non-hydrogen) atoms. The first-order chi connectivity index (χ1) is 13.5. The lowest BCUT2D eigenvalue weighted by molar-refractivity contribution is -0.146. The fourth-order valence-electron chi connectivity index (χ4n) is 5.71.